The van der Waals surface area contributed by atoms with Crippen LogP contribution in [-0.2, 0) is 0 Å². The molecule has 0 saturated carbocycles. The van der Waals surface area contributed by atoms with Crippen LogP contribution in [0.25, 0.3) is 39.1 Å². The minimum Gasteiger partial charge on any atom is -0.0871 e. The highest BCUT2D eigenvalue weighted by Crippen LogP contribution is 2.51. The molecule has 5 aromatic rings. The van der Waals surface area contributed by atoms with Crippen LogP contribution in [-0.4, -0.2) is 0 Å². The Balaban J connectivity index is 1.61. The van der Waals surface area contributed by atoms with Gasteiger partial charge < -0.3 is 0 Å². The van der Waals surface area contributed by atoms with Crippen LogP contribution >= 0.6 is 0 Å². The lowest BCUT2D eigenvalue weighted by Gasteiger charge is -2.41. The Kier molecular flexibility index (Phi) is 6.43. The van der Waals surface area contributed by atoms with Gasteiger partial charge in [-0.1, -0.05) is 134 Å². The highest BCUT2D eigenvalue weighted by Gasteiger charge is 2.39. The third-order valence-corrected chi connectivity index (χ3v) is 9.35. The molecule has 0 saturated heterocycles. The summed E-state index contributed by atoms with van der Waals surface area (Å²) < 4.78 is 0. The summed E-state index contributed by atoms with van der Waals surface area (Å²) in [5, 5.41) is 5.25. The van der Waals surface area contributed by atoms with E-state index in [4.69, 9.17) is 0 Å². The maximum absolute atomic E-state index is 2.45. The van der Waals surface area contributed by atoms with E-state index in [0.717, 1.165) is 6.42 Å². The van der Waals surface area contributed by atoms with Crippen molar-refractivity contribution in [2.45, 2.75) is 34.1 Å². The molecule has 0 radical (unpaired) electrons. The fourth-order valence-electron chi connectivity index (χ4n) is 7.27. The number of aryl methyl sites for hydroxylation is 2. The second-order valence-corrected chi connectivity index (χ2v) is 11.9. The summed E-state index contributed by atoms with van der Waals surface area (Å²) in [7, 11) is 0. The zero-order chi connectivity index (χ0) is 28.8. The third kappa shape index (κ3) is 4.05. The quantitative estimate of drug-likeness (QED) is 0.213. The van der Waals surface area contributed by atoms with Crippen molar-refractivity contribution >= 4 is 28.0 Å². The van der Waals surface area contributed by atoms with E-state index in [-0.39, 0.29) is 5.41 Å². The van der Waals surface area contributed by atoms with Crippen molar-refractivity contribution in [3.8, 4) is 11.1 Å². The molecule has 0 heteroatoms. The number of allylic oxidation sites excluding steroid dienone is 5. The molecule has 204 valence electrons. The van der Waals surface area contributed by atoms with Crippen molar-refractivity contribution in [1.82, 2.24) is 0 Å². The summed E-state index contributed by atoms with van der Waals surface area (Å²) in [6.45, 7) is 8.96. The molecule has 1 unspecified atom stereocenters. The van der Waals surface area contributed by atoms with Gasteiger partial charge in [-0.05, 0) is 110 Å². The molecule has 7 rings (SSSR count). The molecule has 0 amide bonds. The molecule has 0 N–H and O–H groups in total. The lowest BCUT2D eigenvalue weighted by atomic mass is 9.62. The monoisotopic (exact) mass is 540 g/mol. The molecule has 42 heavy (non-hydrogen) atoms. The molecule has 2 aliphatic rings. The predicted molar refractivity (Wildman–Crippen MR) is 181 cm³/mol. The average molecular weight is 541 g/mol. The molecule has 0 nitrogen and oxygen atoms in total. The first-order chi connectivity index (χ1) is 20.5. The third-order valence-electron chi connectivity index (χ3n) is 9.35. The number of hydrogen-bond acceptors (Lipinski definition) is 0. The van der Waals surface area contributed by atoms with Crippen LogP contribution in [0.5, 0.6) is 0 Å². The van der Waals surface area contributed by atoms with Crippen molar-refractivity contribution in [3.05, 3.63) is 171 Å². The smallest absolute Gasteiger partial charge is 0.0227 e. The Morgan fingerprint density at radius 2 is 1.36 bits per heavy atom. The highest BCUT2D eigenvalue weighted by atomic mass is 14.4. The lowest BCUT2D eigenvalue weighted by Crippen LogP contribution is -2.42. The van der Waals surface area contributed by atoms with E-state index in [0.29, 0.717) is 0 Å². The van der Waals surface area contributed by atoms with Gasteiger partial charge in [-0.2, -0.15) is 0 Å². The summed E-state index contributed by atoms with van der Waals surface area (Å²) in [5.41, 5.74) is 13.1. The second kappa shape index (κ2) is 10.3. The molecular formula is C42H36. The van der Waals surface area contributed by atoms with Gasteiger partial charge >= 0.3 is 0 Å². The minimum absolute atomic E-state index is 0.156. The van der Waals surface area contributed by atoms with Crippen LogP contribution < -0.4 is 10.4 Å². The Morgan fingerprint density at radius 1 is 0.667 bits per heavy atom. The number of rotatable bonds is 4. The van der Waals surface area contributed by atoms with E-state index in [2.05, 4.69) is 161 Å². The zero-order valence-corrected chi connectivity index (χ0v) is 24.9. The lowest BCUT2D eigenvalue weighted by molar-refractivity contribution is 0.547. The van der Waals surface area contributed by atoms with E-state index in [1.54, 1.807) is 0 Å². The Morgan fingerprint density at radius 3 is 2.14 bits per heavy atom. The van der Waals surface area contributed by atoms with Crippen LogP contribution in [0, 0.1) is 19.3 Å². The molecule has 2 aliphatic carbocycles. The van der Waals surface area contributed by atoms with Crippen molar-refractivity contribution in [2.75, 3.05) is 0 Å². The highest BCUT2D eigenvalue weighted by molar-refractivity contribution is 6.06. The Labute approximate surface area is 249 Å². The standard InChI is InChI=1S/C42H36/c1-5-14-30-27-31(23-22-28(30)2)41-38-20-11-10-19-36(38)40(39-21-12-13-26-42(39,41)4)37-25-24-35(32-16-7-6-15-29(32)3)33-17-8-9-18-34(33)37/h5-25,27H,26H2,1-4H3/b14-5-. The molecule has 0 aliphatic heterocycles. The zero-order valence-electron chi connectivity index (χ0n) is 24.9. The number of benzene rings is 5. The van der Waals surface area contributed by atoms with E-state index >= 15 is 0 Å². The first-order valence-electron chi connectivity index (χ1n) is 15.0. The largest absolute Gasteiger partial charge is 0.0871 e. The summed E-state index contributed by atoms with van der Waals surface area (Å²) >= 11 is 0. The van der Waals surface area contributed by atoms with Crippen LogP contribution in [0.1, 0.15) is 48.1 Å². The Bertz CT molecular complexity index is 2100. The van der Waals surface area contributed by atoms with Crippen LogP contribution in [0.4, 0.5) is 0 Å². The van der Waals surface area contributed by atoms with Gasteiger partial charge in [0.15, 0.2) is 0 Å². The minimum atomic E-state index is -0.156. The van der Waals surface area contributed by atoms with Gasteiger partial charge in [0, 0.05) is 5.41 Å². The van der Waals surface area contributed by atoms with Gasteiger partial charge in [0.05, 0.1) is 0 Å². The van der Waals surface area contributed by atoms with Crippen LogP contribution in [0.2, 0.25) is 0 Å². The molecule has 5 aromatic carbocycles. The second-order valence-electron chi connectivity index (χ2n) is 11.9. The van der Waals surface area contributed by atoms with Gasteiger partial charge in [0.1, 0.15) is 0 Å². The van der Waals surface area contributed by atoms with Crippen LogP contribution in [0.3, 0.4) is 0 Å². The van der Waals surface area contributed by atoms with E-state index < -0.39 is 0 Å². The predicted octanol–water partition coefficient (Wildman–Crippen LogP) is 9.46. The topological polar surface area (TPSA) is 0 Å². The maximum Gasteiger partial charge on any atom is 0.0227 e. The summed E-state index contributed by atoms with van der Waals surface area (Å²) in [5.74, 6) is 0. The molecule has 0 aromatic heterocycles. The van der Waals surface area contributed by atoms with Crippen molar-refractivity contribution < 1.29 is 0 Å². The number of fused-ring (bicyclic) bond motifs is 3. The molecule has 0 spiro atoms. The average Bonchev–Trinajstić information content (AvgIpc) is 3.01. The molecule has 0 fully saturated rings. The molecule has 1 atom stereocenters. The molecular weight excluding hydrogens is 504 g/mol. The van der Waals surface area contributed by atoms with Crippen LogP contribution in [0.15, 0.2) is 133 Å². The van der Waals surface area contributed by atoms with Gasteiger partial charge in [0.2, 0.25) is 0 Å². The summed E-state index contributed by atoms with van der Waals surface area (Å²) in [6.07, 6.45) is 12.3. The maximum atomic E-state index is 2.45. The SMILES string of the molecule is C/C=C\c1cc(C2=c3ccccc3=C(c3ccc(-c4ccccc4C)c4ccccc34)C3=CC=CCC32C)ccc1C. The van der Waals surface area contributed by atoms with Crippen molar-refractivity contribution in [3.63, 3.8) is 0 Å². The first-order valence-corrected chi connectivity index (χ1v) is 15.0. The number of hydrogen-bond donors (Lipinski definition) is 0. The normalized spacial score (nSPS) is 17.9. The van der Waals surface area contributed by atoms with Crippen molar-refractivity contribution in [1.29, 1.82) is 0 Å². The first kappa shape index (κ1) is 26.2. The summed E-state index contributed by atoms with van der Waals surface area (Å²) in [6, 6.07) is 38.4. The summed E-state index contributed by atoms with van der Waals surface area (Å²) in [4.78, 5) is 0. The fourth-order valence-corrected chi connectivity index (χ4v) is 7.27. The van der Waals surface area contributed by atoms with E-state index in [1.165, 1.54) is 76.9 Å². The van der Waals surface area contributed by atoms with Gasteiger partial charge in [-0.15, -0.1) is 0 Å². The fraction of sp³-hybridized carbons (Fsp3) is 0.143. The molecule has 0 heterocycles. The van der Waals surface area contributed by atoms with Gasteiger partial charge in [0.25, 0.3) is 0 Å². The van der Waals surface area contributed by atoms with E-state index in [1.807, 2.05) is 0 Å². The molecule has 0 bridgehead atoms. The van der Waals surface area contributed by atoms with Gasteiger partial charge in [-0.3, -0.25) is 0 Å². The van der Waals surface area contributed by atoms with Crippen molar-refractivity contribution in [2.24, 2.45) is 5.41 Å². The van der Waals surface area contributed by atoms with E-state index in [9.17, 15) is 0 Å². The van der Waals surface area contributed by atoms with Gasteiger partial charge in [-0.25, -0.2) is 0 Å². The Hall–Kier alpha value is -4.68.